The average Bonchev–Trinajstić information content (AvgIpc) is 2.29. The highest BCUT2D eigenvalue weighted by Crippen LogP contribution is 2.19. The van der Waals surface area contributed by atoms with Crippen molar-refractivity contribution in [2.24, 2.45) is 0 Å². The second-order valence-corrected chi connectivity index (χ2v) is 5.84. The standard InChI is InChI=1S/C16H33N/c1-3-5-12-15(11-4-2)17-16-13-9-7-6-8-10-14-16/h15-17H,3-14H2,1-2H3. The summed E-state index contributed by atoms with van der Waals surface area (Å²) in [6.07, 6.45) is 17.0. The van der Waals surface area contributed by atoms with E-state index in [2.05, 4.69) is 19.2 Å². The molecule has 0 aliphatic heterocycles. The first-order valence-corrected chi connectivity index (χ1v) is 8.12. The van der Waals surface area contributed by atoms with Crippen LogP contribution in [0.5, 0.6) is 0 Å². The van der Waals surface area contributed by atoms with Crippen LogP contribution in [-0.4, -0.2) is 12.1 Å². The number of hydrogen-bond acceptors (Lipinski definition) is 1. The fourth-order valence-electron chi connectivity index (χ4n) is 3.07. The molecule has 1 fully saturated rings. The smallest absolute Gasteiger partial charge is 0.00696 e. The minimum Gasteiger partial charge on any atom is -0.311 e. The lowest BCUT2D eigenvalue weighted by atomic mass is 9.95. The molecule has 1 aliphatic carbocycles. The molecule has 1 nitrogen and oxygen atoms in total. The minimum absolute atomic E-state index is 0.796. The average molecular weight is 239 g/mol. The van der Waals surface area contributed by atoms with Crippen LogP contribution in [0.2, 0.25) is 0 Å². The molecule has 1 N–H and O–H groups in total. The first-order valence-electron chi connectivity index (χ1n) is 8.12. The molecule has 0 radical (unpaired) electrons. The van der Waals surface area contributed by atoms with E-state index in [1.54, 1.807) is 0 Å². The minimum atomic E-state index is 0.796. The lowest BCUT2D eigenvalue weighted by molar-refractivity contribution is 0.326. The van der Waals surface area contributed by atoms with Crippen LogP contribution in [0.25, 0.3) is 0 Å². The quantitative estimate of drug-likeness (QED) is 0.655. The largest absolute Gasteiger partial charge is 0.311 e. The van der Waals surface area contributed by atoms with Gasteiger partial charge in [-0.2, -0.15) is 0 Å². The van der Waals surface area contributed by atoms with Gasteiger partial charge in [0.05, 0.1) is 0 Å². The highest BCUT2D eigenvalue weighted by atomic mass is 14.9. The molecule has 1 unspecified atom stereocenters. The molecule has 1 heteroatoms. The van der Waals surface area contributed by atoms with Gasteiger partial charge in [0.1, 0.15) is 0 Å². The molecule has 0 aromatic carbocycles. The van der Waals surface area contributed by atoms with Crippen LogP contribution in [0.3, 0.4) is 0 Å². The van der Waals surface area contributed by atoms with E-state index in [0.717, 1.165) is 12.1 Å². The third-order valence-corrected chi connectivity index (χ3v) is 4.12. The number of unbranched alkanes of at least 4 members (excludes halogenated alkanes) is 1. The van der Waals surface area contributed by atoms with E-state index in [-0.39, 0.29) is 0 Å². The summed E-state index contributed by atoms with van der Waals surface area (Å²) in [5.41, 5.74) is 0. The Morgan fingerprint density at radius 1 is 0.882 bits per heavy atom. The zero-order chi connectivity index (χ0) is 12.3. The molecule has 0 aromatic rings. The van der Waals surface area contributed by atoms with Crippen LogP contribution in [0.15, 0.2) is 0 Å². The van der Waals surface area contributed by atoms with Gasteiger partial charge in [0.15, 0.2) is 0 Å². The Morgan fingerprint density at radius 2 is 1.53 bits per heavy atom. The Kier molecular flexibility index (Phi) is 8.78. The number of hydrogen-bond donors (Lipinski definition) is 1. The Bertz CT molecular complexity index is 156. The normalized spacial score (nSPS) is 20.8. The zero-order valence-corrected chi connectivity index (χ0v) is 12.1. The van der Waals surface area contributed by atoms with Gasteiger partial charge in [-0.3, -0.25) is 0 Å². The predicted molar refractivity (Wildman–Crippen MR) is 77.5 cm³/mol. The Hall–Kier alpha value is -0.0400. The van der Waals surface area contributed by atoms with Crippen molar-refractivity contribution in [2.75, 3.05) is 0 Å². The van der Waals surface area contributed by atoms with Crippen molar-refractivity contribution in [3.63, 3.8) is 0 Å². The highest BCUT2D eigenvalue weighted by Gasteiger charge is 2.15. The molecule has 1 atom stereocenters. The van der Waals surface area contributed by atoms with E-state index in [0.29, 0.717) is 0 Å². The SMILES string of the molecule is CCCCC(CCC)NC1CCCCCCC1. The van der Waals surface area contributed by atoms with Crippen molar-refractivity contribution in [1.29, 1.82) is 0 Å². The van der Waals surface area contributed by atoms with Gasteiger partial charge in [-0.05, 0) is 25.7 Å². The van der Waals surface area contributed by atoms with E-state index in [9.17, 15) is 0 Å². The van der Waals surface area contributed by atoms with Crippen LogP contribution in [0, 0.1) is 0 Å². The van der Waals surface area contributed by atoms with Gasteiger partial charge in [-0.1, -0.05) is 65.2 Å². The van der Waals surface area contributed by atoms with Crippen LogP contribution in [0.1, 0.15) is 90.9 Å². The zero-order valence-electron chi connectivity index (χ0n) is 12.1. The van der Waals surface area contributed by atoms with Crippen molar-refractivity contribution in [1.82, 2.24) is 5.32 Å². The maximum absolute atomic E-state index is 3.96. The summed E-state index contributed by atoms with van der Waals surface area (Å²) in [7, 11) is 0. The van der Waals surface area contributed by atoms with Gasteiger partial charge >= 0.3 is 0 Å². The van der Waals surface area contributed by atoms with Gasteiger partial charge in [0, 0.05) is 12.1 Å². The van der Waals surface area contributed by atoms with Gasteiger partial charge in [-0.15, -0.1) is 0 Å². The first-order chi connectivity index (χ1) is 8.36. The van der Waals surface area contributed by atoms with E-state index in [1.165, 1.54) is 77.0 Å². The summed E-state index contributed by atoms with van der Waals surface area (Å²) in [4.78, 5) is 0. The topological polar surface area (TPSA) is 12.0 Å². The molecule has 0 heterocycles. The monoisotopic (exact) mass is 239 g/mol. The maximum Gasteiger partial charge on any atom is 0.00696 e. The Labute approximate surface area is 109 Å². The van der Waals surface area contributed by atoms with Crippen LogP contribution < -0.4 is 5.32 Å². The molecule has 0 amide bonds. The van der Waals surface area contributed by atoms with E-state index in [4.69, 9.17) is 0 Å². The molecular formula is C16H33N. The van der Waals surface area contributed by atoms with Crippen LogP contribution in [-0.2, 0) is 0 Å². The molecule has 0 aromatic heterocycles. The molecular weight excluding hydrogens is 206 g/mol. The van der Waals surface area contributed by atoms with Gasteiger partial charge in [0.25, 0.3) is 0 Å². The van der Waals surface area contributed by atoms with Crippen molar-refractivity contribution in [3.8, 4) is 0 Å². The van der Waals surface area contributed by atoms with Gasteiger partial charge < -0.3 is 5.32 Å². The summed E-state index contributed by atoms with van der Waals surface area (Å²) in [6.45, 7) is 4.62. The van der Waals surface area contributed by atoms with Crippen molar-refractivity contribution >= 4 is 0 Å². The number of nitrogens with one attached hydrogen (secondary N) is 1. The summed E-state index contributed by atoms with van der Waals surface area (Å²) >= 11 is 0. The van der Waals surface area contributed by atoms with E-state index < -0.39 is 0 Å². The molecule has 1 aliphatic rings. The third kappa shape index (κ3) is 7.08. The fourth-order valence-corrected chi connectivity index (χ4v) is 3.07. The lowest BCUT2D eigenvalue weighted by Crippen LogP contribution is -2.38. The van der Waals surface area contributed by atoms with Crippen molar-refractivity contribution in [3.05, 3.63) is 0 Å². The van der Waals surface area contributed by atoms with E-state index >= 15 is 0 Å². The highest BCUT2D eigenvalue weighted by molar-refractivity contribution is 4.75. The fraction of sp³-hybridized carbons (Fsp3) is 1.00. The molecule has 0 spiro atoms. The first kappa shape index (κ1) is 15.0. The van der Waals surface area contributed by atoms with Crippen LogP contribution in [0.4, 0.5) is 0 Å². The molecule has 17 heavy (non-hydrogen) atoms. The molecule has 102 valence electrons. The molecule has 1 rings (SSSR count). The van der Waals surface area contributed by atoms with Crippen LogP contribution >= 0.6 is 0 Å². The molecule has 0 bridgehead atoms. The lowest BCUT2D eigenvalue weighted by Gasteiger charge is -2.27. The predicted octanol–water partition coefficient (Wildman–Crippen LogP) is 5.05. The second kappa shape index (κ2) is 9.94. The summed E-state index contributed by atoms with van der Waals surface area (Å²) in [5.74, 6) is 0. The van der Waals surface area contributed by atoms with Gasteiger partial charge in [0.2, 0.25) is 0 Å². The number of rotatable bonds is 7. The summed E-state index contributed by atoms with van der Waals surface area (Å²) < 4.78 is 0. The maximum atomic E-state index is 3.96. The summed E-state index contributed by atoms with van der Waals surface area (Å²) in [5, 5.41) is 3.96. The molecule has 1 saturated carbocycles. The Balaban J connectivity index is 2.29. The van der Waals surface area contributed by atoms with Gasteiger partial charge in [-0.25, -0.2) is 0 Å². The van der Waals surface area contributed by atoms with Crippen molar-refractivity contribution in [2.45, 2.75) is 103 Å². The molecule has 0 saturated heterocycles. The Morgan fingerprint density at radius 3 is 2.12 bits per heavy atom. The third-order valence-electron chi connectivity index (χ3n) is 4.12. The second-order valence-electron chi connectivity index (χ2n) is 5.84. The van der Waals surface area contributed by atoms with E-state index in [1.807, 2.05) is 0 Å². The van der Waals surface area contributed by atoms with Crippen molar-refractivity contribution < 1.29 is 0 Å². The summed E-state index contributed by atoms with van der Waals surface area (Å²) in [6, 6.07) is 1.62.